The van der Waals surface area contributed by atoms with Crippen LogP contribution in [0.1, 0.15) is 27.2 Å². The lowest BCUT2D eigenvalue weighted by Gasteiger charge is -2.20. The van der Waals surface area contributed by atoms with Crippen molar-refractivity contribution in [1.29, 1.82) is 0 Å². The summed E-state index contributed by atoms with van der Waals surface area (Å²) >= 11 is 0. The van der Waals surface area contributed by atoms with E-state index in [2.05, 4.69) is 27.4 Å². The smallest absolute Gasteiger partial charge is 0.272 e. The second kappa shape index (κ2) is 2.76. The topological polar surface area (TPSA) is 18.5 Å². The second-order valence-electron chi connectivity index (χ2n) is 4.19. The molecule has 0 N–H and O–H groups in total. The number of ether oxygens (including phenoxy) is 2. The Morgan fingerprint density at radius 2 is 2.18 bits per heavy atom. The molecule has 1 rings (SSSR count). The molecule has 0 radical (unpaired) electrons. The zero-order valence-electron chi connectivity index (χ0n) is 7.52. The van der Waals surface area contributed by atoms with Crippen molar-refractivity contribution in [2.45, 2.75) is 33.3 Å². The third-order valence-corrected chi connectivity index (χ3v) is 1.57. The van der Waals surface area contributed by atoms with Crippen molar-refractivity contribution in [2.24, 2.45) is 5.41 Å². The Bertz CT molecular complexity index is 155. The molecule has 0 aliphatic carbocycles. The van der Waals surface area contributed by atoms with Gasteiger partial charge in [-0.15, -0.1) is 0 Å². The van der Waals surface area contributed by atoms with Gasteiger partial charge in [-0.1, -0.05) is 20.8 Å². The molecule has 1 atom stereocenters. The van der Waals surface area contributed by atoms with Gasteiger partial charge in [-0.3, -0.25) is 0 Å². The molecule has 64 valence electrons. The van der Waals surface area contributed by atoms with E-state index in [4.69, 9.17) is 9.47 Å². The summed E-state index contributed by atoms with van der Waals surface area (Å²) in [5, 5.41) is 0. The van der Waals surface area contributed by atoms with Crippen molar-refractivity contribution >= 4 is 0 Å². The highest BCUT2D eigenvalue weighted by Gasteiger charge is 2.25. The van der Waals surface area contributed by atoms with Gasteiger partial charge in [0.2, 0.25) is 0 Å². The van der Waals surface area contributed by atoms with Crippen molar-refractivity contribution in [3.8, 4) is 0 Å². The molecule has 1 heterocycles. The first kappa shape index (κ1) is 8.44. The molecule has 1 saturated heterocycles. The van der Waals surface area contributed by atoms with Crippen molar-refractivity contribution in [1.82, 2.24) is 0 Å². The average Bonchev–Trinajstić information content (AvgIpc) is 2.10. The molecule has 1 fully saturated rings. The molecule has 0 bridgehead atoms. The van der Waals surface area contributed by atoms with Crippen LogP contribution >= 0.6 is 0 Å². The van der Waals surface area contributed by atoms with Gasteiger partial charge in [-0.05, 0) is 18.4 Å². The Morgan fingerprint density at radius 3 is 2.55 bits per heavy atom. The lowest BCUT2D eigenvalue weighted by molar-refractivity contribution is 0.114. The molecule has 0 spiro atoms. The van der Waals surface area contributed by atoms with E-state index in [1.165, 1.54) is 0 Å². The second-order valence-corrected chi connectivity index (χ2v) is 4.19. The third-order valence-electron chi connectivity index (χ3n) is 1.57. The first-order valence-corrected chi connectivity index (χ1v) is 3.96. The Labute approximate surface area is 68.2 Å². The predicted molar refractivity (Wildman–Crippen MR) is 44.0 cm³/mol. The van der Waals surface area contributed by atoms with Gasteiger partial charge >= 0.3 is 0 Å². The summed E-state index contributed by atoms with van der Waals surface area (Å²) in [6, 6.07) is 0. The Morgan fingerprint density at radius 1 is 1.55 bits per heavy atom. The summed E-state index contributed by atoms with van der Waals surface area (Å²) in [6.45, 7) is 10.8. The highest BCUT2D eigenvalue weighted by molar-refractivity contribution is 4.82. The average molecular weight is 156 g/mol. The summed E-state index contributed by atoms with van der Waals surface area (Å²) in [5.41, 5.74) is 0.304. The van der Waals surface area contributed by atoms with E-state index < -0.39 is 0 Å². The molecule has 2 heteroatoms. The highest BCUT2D eigenvalue weighted by atomic mass is 16.7. The van der Waals surface area contributed by atoms with Gasteiger partial charge < -0.3 is 9.47 Å². The van der Waals surface area contributed by atoms with E-state index in [0.29, 0.717) is 18.0 Å². The largest absolute Gasteiger partial charge is 0.462 e. The van der Waals surface area contributed by atoms with E-state index in [9.17, 15) is 0 Å². The van der Waals surface area contributed by atoms with Crippen LogP contribution in [-0.2, 0) is 9.47 Å². The van der Waals surface area contributed by atoms with Crippen LogP contribution in [0.25, 0.3) is 0 Å². The number of hydrogen-bond acceptors (Lipinski definition) is 2. The van der Waals surface area contributed by atoms with Crippen LogP contribution in [0, 0.1) is 5.41 Å². The van der Waals surface area contributed by atoms with Crippen LogP contribution in [0.4, 0.5) is 0 Å². The maximum Gasteiger partial charge on any atom is 0.272 e. The van der Waals surface area contributed by atoms with E-state index >= 15 is 0 Å². The van der Waals surface area contributed by atoms with Crippen LogP contribution in [0.3, 0.4) is 0 Å². The fraction of sp³-hybridized carbons (Fsp3) is 0.778. The van der Waals surface area contributed by atoms with Gasteiger partial charge in [0.1, 0.15) is 12.7 Å². The van der Waals surface area contributed by atoms with Gasteiger partial charge in [-0.25, -0.2) is 0 Å². The Kier molecular flexibility index (Phi) is 2.12. The quantitative estimate of drug-likeness (QED) is 0.580. The molecule has 1 aliphatic rings. The maximum absolute atomic E-state index is 5.32. The molecule has 2 nitrogen and oxygen atoms in total. The van der Waals surface area contributed by atoms with E-state index in [1.54, 1.807) is 0 Å². The monoisotopic (exact) mass is 156 g/mol. The summed E-state index contributed by atoms with van der Waals surface area (Å²) in [7, 11) is 0. The molecule has 0 aromatic carbocycles. The van der Waals surface area contributed by atoms with Gasteiger partial charge in [0, 0.05) is 0 Å². The molecule has 0 amide bonds. The molecular weight excluding hydrogens is 140 g/mol. The van der Waals surface area contributed by atoms with Gasteiger partial charge in [0.15, 0.2) is 0 Å². The maximum atomic E-state index is 5.32. The predicted octanol–water partition coefficient (Wildman–Crippen LogP) is 2.31. The zero-order chi connectivity index (χ0) is 8.48. The van der Waals surface area contributed by atoms with Crippen LogP contribution in [0.2, 0.25) is 0 Å². The SMILES string of the molecule is C=C1OCC(CC(C)(C)C)O1. The standard InChI is InChI=1S/C9H16O2/c1-7-10-6-8(11-7)5-9(2,3)4/h8H,1,5-6H2,2-4H3. The first-order chi connectivity index (χ1) is 4.97. The van der Waals surface area contributed by atoms with E-state index in [0.717, 1.165) is 6.42 Å². The lowest BCUT2D eigenvalue weighted by atomic mass is 9.89. The lowest BCUT2D eigenvalue weighted by Crippen LogP contribution is -2.18. The number of rotatable bonds is 1. The normalized spacial score (nSPS) is 24.6. The molecule has 1 unspecified atom stereocenters. The summed E-state index contributed by atoms with van der Waals surface area (Å²) in [4.78, 5) is 0. The van der Waals surface area contributed by atoms with Crippen molar-refractivity contribution in [3.05, 3.63) is 12.5 Å². The zero-order valence-corrected chi connectivity index (χ0v) is 7.52. The molecule has 0 saturated carbocycles. The Balaban J connectivity index is 2.34. The first-order valence-electron chi connectivity index (χ1n) is 3.96. The van der Waals surface area contributed by atoms with Crippen LogP contribution in [-0.4, -0.2) is 12.7 Å². The fourth-order valence-corrected chi connectivity index (χ4v) is 1.22. The van der Waals surface area contributed by atoms with Crippen LogP contribution in [0.5, 0.6) is 0 Å². The van der Waals surface area contributed by atoms with Crippen molar-refractivity contribution in [3.63, 3.8) is 0 Å². The molecule has 0 aromatic rings. The summed E-state index contributed by atoms with van der Waals surface area (Å²) < 4.78 is 10.4. The third kappa shape index (κ3) is 2.83. The molecule has 0 aromatic heterocycles. The van der Waals surface area contributed by atoms with Crippen LogP contribution in [0.15, 0.2) is 12.5 Å². The summed E-state index contributed by atoms with van der Waals surface area (Å²) in [6.07, 6.45) is 1.23. The highest BCUT2D eigenvalue weighted by Crippen LogP contribution is 2.26. The van der Waals surface area contributed by atoms with Crippen molar-refractivity contribution < 1.29 is 9.47 Å². The molecule has 11 heavy (non-hydrogen) atoms. The van der Waals surface area contributed by atoms with E-state index in [1.807, 2.05) is 0 Å². The Hall–Kier alpha value is -0.660. The van der Waals surface area contributed by atoms with Crippen molar-refractivity contribution in [2.75, 3.05) is 6.61 Å². The van der Waals surface area contributed by atoms with Gasteiger partial charge in [-0.2, -0.15) is 0 Å². The van der Waals surface area contributed by atoms with E-state index in [-0.39, 0.29) is 6.10 Å². The van der Waals surface area contributed by atoms with Gasteiger partial charge in [0.25, 0.3) is 5.95 Å². The minimum atomic E-state index is 0.211. The molecular formula is C9H16O2. The fourth-order valence-electron chi connectivity index (χ4n) is 1.22. The summed E-state index contributed by atoms with van der Waals surface area (Å²) in [5.74, 6) is 0.472. The minimum Gasteiger partial charge on any atom is -0.462 e. The van der Waals surface area contributed by atoms with Gasteiger partial charge in [0.05, 0.1) is 0 Å². The number of hydrogen-bond donors (Lipinski definition) is 0. The van der Waals surface area contributed by atoms with Crippen LogP contribution < -0.4 is 0 Å². The minimum absolute atomic E-state index is 0.211. The molecule has 1 aliphatic heterocycles.